The van der Waals surface area contributed by atoms with Crippen molar-refractivity contribution in [3.05, 3.63) is 78.6 Å². The predicted molar refractivity (Wildman–Crippen MR) is 95.4 cm³/mol. The number of imidazole rings is 1. The largest absolute Gasteiger partial charge is 0.332 e. The van der Waals surface area contributed by atoms with E-state index in [1.165, 1.54) is 0 Å². The molecule has 1 aliphatic rings. The number of amides is 1. The van der Waals surface area contributed by atoms with Gasteiger partial charge in [-0.25, -0.2) is 4.98 Å². The Morgan fingerprint density at radius 1 is 1.04 bits per heavy atom. The molecule has 1 aliphatic heterocycles. The normalized spacial score (nSPS) is 17.4. The molecule has 1 aromatic carbocycles. The molecule has 0 aliphatic carbocycles. The quantitative estimate of drug-likeness (QED) is 0.736. The number of piperidine rings is 1. The molecule has 0 N–H and O–H groups in total. The van der Waals surface area contributed by atoms with Gasteiger partial charge in [-0.3, -0.25) is 9.78 Å². The fraction of sp³-hybridized carbons (Fsp3) is 0.250. The average Bonchev–Trinajstić information content (AvgIpc) is 3.23. The van der Waals surface area contributed by atoms with Crippen molar-refractivity contribution < 1.29 is 4.79 Å². The van der Waals surface area contributed by atoms with Crippen molar-refractivity contribution in [2.24, 2.45) is 0 Å². The van der Waals surface area contributed by atoms with Crippen LogP contribution in [0.5, 0.6) is 0 Å². The number of hydrogen-bond acceptors (Lipinski definition) is 3. The second kappa shape index (κ2) is 6.89. The molecular weight excluding hydrogens is 312 g/mol. The molecule has 0 saturated carbocycles. The zero-order chi connectivity index (χ0) is 17.1. The van der Waals surface area contributed by atoms with Gasteiger partial charge in [0, 0.05) is 42.6 Å². The fourth-order valence-corrected chi connectivity index (χ4v) is 3.45. The van der Waals surface area contributed by atoms with Gasteiger partial charge in [0.15, 0.2) is 0 Å². The number of pyridine rings is 1. The van der Waals surface area contributed by atoms with E-state index >= 15 is 0 Å². The Morgan fingerprint density at radius 3 is 2.64 bits per heavy atom. The number of hydrogen-bond donors (Lipinski definition) is 0. The highest BCUT2D eigenvalue weighted by Crippen LogP contribution is 2.31. The van der Waals surface area contributed by atoms with E-state index in [4.69, 9.17) is 0 Å². The molecule has 1 amide bonds. The highest BCUT2D eigenvalue weighted by molar-refractivity contribution is 5.94. The third-order valence-electron chi connectivity index (χ3n) is 4.75. The summed E-state index contributed by atoms with van der Waals surface area (Å²) in [5, 5.41) is 0. The van der Waals surface area contributed by atoms with Crippen molar-refractivity contribution >= 4 is 5.91 Å². The molecule has 5 nitrogen and oxygen atoms in total. The Bertz CT molecular complexity index is 828. The molecule has 1 fully saturated rings. The predicted octanol–water partition coefficient (Wildman–Crippen LogP) is 3.63. The Hall–Kier alpha value is -2.95. The molecule has 5 heteroatoms. The van der Waals surface area contributed by atoms with Crippen LogP contribution in [0, 0.1) is 0 Å². The van der Waals surface area contributed by atoms with E-state index in [2.05, 4.69) is 16.0 Å². The van der Waals surface area contributed by atoms with E-state index in [0.717, 1.165) is 42.6 Å². The first-order valence-electron chi connectivity index (χ1n) is 8.62. The van der Waals surface area contributed by atoms with Crippen molar-refractivity contribution in [2.45, 2.75) is 25.3 Å². The van der Waals surface area contributed by atoms with E-state index in [-0.39, 0.29) is 11.9 Å². The molecule has 0 radical (unpaired) electrons. The van der Waals surface area contributed by atoms with Gasteiger partial charge in [0.1, 0.15) is 0 Å². The maximum absolute atomic E-state index is 13.1. The molecule has 126 valence electrons. The van der Waals surface area contributed by atoms with E-state index in [0.29, 0.717) is 0 Å². The number of aromatic nitrogens is 3. The Kier molecular flexibility index (Phi) is 4.29. The minimum atomic E-state index is 0.0886. The lowest BCUT2D eigenvalue weighted by Crippen LogP contribution is -2.38. The van der Waals surface area contributed by atoms with Crippen LogP contribution in [0.15, 0.2) is 67.5 Å². The van der Waals surface area contributed by atoms with E-state index in [9.17, 15) is 4.79 Å². The molecule has 3 heterocycles. The van der Waals surface area contributed by atoms with Crippen molar-refractivity contribution in [3.8, 4) is 5.69 Å². The van der Waals surface area contributed by atoms with Crippen molar-refractivity contribution in [1.82, 2.24) is 19.4 Å². The van der Waals surface area contributed by atoms with E-state index < -0.39 is 0 Å². The molecule has 4 rings (SSSR count). The standard InChI is InChI=1S/C20H20N4O/c25-20(16-6-8-18(9-7-16)23-13-11-22-15-23)24-12-2-1-5-19(24)17-4-3-10-21-14-17/h3-4,6-11,13-15,19H,1-2,5,12H2. The Labute approximate surface area is 147 Å². The highest BCUT2D eigenvalue weighted by Gasteiger charge is 2.28. The maximum Gasteiger partial charge on any atom is 0.254 e. The summed E-state index contributed by atoms with van der Waals surface area (Å²) in [5.74, 6) is 0.0886. The SMILES string of the molecule is O=C(c1ccc(-n2ccnc2)cc1)N1CCCCC1c1cccnc1. The smallest absolute Gasteiger partial charge is 0.254 e. The zero-order valence-corrected chi connectivity index (χ0v) is 14.0. The summed E-state index contributed by atoms with van der Waals surface area (Å²) in [6, 6.07) is 11.8. The van der Waals surface area contributed by atoms with Crippen molar-refractivity contribution in [3.63, 3.8) is 0 Å². The third kappa shape index (κ3) is 3.18. The van der Waals surface area contributed by atoms with Crippen LogP contribution in [0.2, 0.25) is 0 Å². The van der Waals surface area contributed by atoms with Crippen molar-refractivity contribution in [1.29, 1.82) is 0 Å². The summed E-state index contributed by atoms with van der Waals surface area (Å²) in [5.41, 5.74) is 2.83. The molecule has 1 saturated heterocycles. The lowest BCUT2D eigenvalue weighted by atomic mass is 9.95. The van der Waals surface area contributed by atoms with Gasteiger partial charge in [-0.05, 0) is 55.2 Å². The molecule has 25 heavy (non-hydrogen) atoms. The van der Waals surface area contributed by atoms with Gasteiger partial charge in [-0.2, -0.15) is 0 Å². The molecule has 3 aromatic rings. The summed E-state index contributed by atoms with van der Waals surface area (Å²) in [7, 11) is 0. The number of nitrogens with zero attached hydrogens (tertiary/aromatic N) is 4. The number of likely N-dealkylation sites (tertiary alicyclic amines) is 1. The number of carbonyl (C=O) groups excluding carboxylic acids is 1. The first kappa shape index (κ1) is 15.6. The third-order valence-corrected chi connectivity index (χ3v) is 4.75. The lowest BCUT2D eigenvalue weighted by Gasteiger charge is -2.36. The first-order chi connectivity index (χ1) is 12.3. The van der Waals surface area contributed by atoms with Gasteiger partial charge in [0.05, 0.1) is 12.4 Å². The van der Waals surface area contributed by atoms with Gasteiger partial charge in [0.25, 0.3) is 5.91 Å². The zero-order valence-electron chi connectivity index (χ0n) is 14.0. The van der Waals surface area contributed by atoms with Crippen LogP contribution < -0.4 is 0 Å². The Balaban J connectivity index is 1.58. The van der Waals surface area contributed by atoms with Gasteiger partial charge < -0.3 is 9.47 Å². The lowest BCUT2D eigenvalue weighted by molar-refractivity contribution is 0.0611. The van der Waals surface area contributed by atoms with Crippen LogP contribution >= 0.6 is 0 Å². The average molecular weight is 332 g/mol. The van der Waals surface area contributed by atoms with Crippen LogP contribution in [0.25, 0.3) is 5.69 Å². The molecule has 1 atom stereocenters. The van der Waals surface area contributed by atoms with Gasteiger partial charge in [-0.1, -0.05) is 6.07 Å². The van der Waals surface area contributed by atoms with Crippen LogP contribution in [0.3, 0.4) is 0 Å². The second-order valence-electron chi connectivity index (χ2n) is 6.31. The molecule has 0 spiro atoms. The molecule has 2 aromatic heterocycles. The van der Waals surface area contributed by atoms with Crippen molar-refractivity contribution in [2.75, 3.05) is 6.54 Å². The summed E-state index contributed by atoms with van der Waals surface area (Å²) < 4.78 is 1.92. The van der Waals surface area contributed by atoms with Crippen LogP contribution in [0.1, 0.15) is 41.2 Å². The number of rotatable bonds is 3. The minimum Gasteiger partial charge on any atom is -0.332 e. The van der Waals surface area contributed by atoms with E-state index in [1.807, 2.05) is 52.2 Å². The second-order valence-corrected chi connectivity index (χ2v) is 6.31. The fourth-order valence-electron chi connectivity index (χ4n) is 3.45. The molecular formula is C20H20N4O. The summed E-state index contributed by atoms with van der Waals surface area (Å²) in [6.07, 6.45) is 12.2. The molecule has 1 unspecified atom stereocenters. The van der Waals surface area contributed by atoms with Crippen LogP contribution in [0.4, 0.5) is 0 Å². The van der Waals surface area contributed by atoms with Crippen LogP contribution in [-0.2, 0) is 0 Å². The Morgan fingerprint density at radius 2 is 1.92 bits per heavy atom. The van der Waals surface area contributed by atoms with E-state index in [1.54, 1.807) is 18.7 Å². The van der Waals surface area contributed by atoms with Crippen LogP contribution in [-0.4, -0.2) is 31.9 Å². The van der Waals surface area contributed by atoms with Gasteiger partial charge >= 0.3 is 0 Å². The van der Waals surface area contributed by atoms with Gasteiger partial charge in [-0.15, -0.1) is 0 Å². The highest BCUT2D eigenvalue weighted by atomic mass is 16.2. The monoisotopic (exact) mass is 332 g/mol. The summed E-state index contributed by atoms with van der Waals surface area (Å²) >= 11 is 0. The number of carbonyl (C=O) groups is 1. The topological polar surface area (TPSA) is 51.0 Å². The summed E-state index contributed by atoms with van der Waals surface area (Å²) in [4.78, 5) is 23.3. The first-order valence-corrected chi connectivity index (χ1v) is 8.62. The minimum absolute atomic E-state index is 0.0886. The maximum atomic E-state index is 13.1. The molecule has 0 bridgehead atoms. The number of benzene rings is 1. The summed E-state index contributed by atoms with van der Waals surface area (Å²) in [6.45, 7) is 0.793. The van der Waals surface area contributed by atoms with Gasteiger partial charge in [0.2, 0.25) is 0 Å².